The Labute approximate surface area is 261 Å². The minimum Gasteiger partial charge on any atom is -0.489 e. The maximum atomic E-state index is 12.7. The zero-order valence-electron chi connectivity index (χ0n) is 25.0. The lowest BCUT2D eigenvalue weighted by molar-refractivity contribution is 0.0435. The summed E-state index contributed by atoms with van der Waals surface area (Å²) in [5, 5.41) is 9.33. The van der Waals surface area contributed by atoms with Crippen molar-refractivity contribution in [2.45, 2.75) is 33.7 Å². The third kappa shape index (κ3) is 7.64. The summed E-state index contributed by atoms with van der Waals surface area (Å²) in [7, 11) is 0. The molecule has 7 nitrogen and oxygen atoms in total. The van der Waals surface area contributed by atoms with Crippen LogP contribution in [-0.2, 0) is 29.3 Å². The molecule has 1 N–H and O–H groups in total. The predicted molar refractivity (Wildman–Crippen MR) is 170 cm³/mol. The van der Waals surface area contributed by atoms with Crippen LogP contribution >= 0.6 is 0 Å². The number of carbonyl (C=O) groups is 3. The molecule has 0 saturated heterocycles. The van der Waals surface area contributed by atoms with E-state index in [1.54, 1.807) is 60.7 Å². The highest BCUT2D eigenvalue weighted by Crippen LogP contribution is 2.33. The van der Waals surface area contributed by atoms with E-state index in [4.69, 9.17) is 14.2 Å². The average molecular weight is 601 g/mol. The van der Waals surface area contributed by atoms with E-state index in [0.717, 1.165) is 27.8 Å². The lowest BCUT2D eigenvalue weighted by Gasteiger charge is -2.16. The number of ether oxygens (including phenoxy) is 3. The van der Waals surface area contributed by atoms with Crippen LogP contribution in [-0.4, -0.2) is 23.0 Å². The van der Waals surface area contributed by atoms with Crippen LogP contribution in [0.3, 0.4) is 0 Å². The maximum absolute atomic E-state index is 12.7. The largest absolute Gasteiger partial charge is 0.489 e. The predicted octanol–water partition coefficient (Wildman–Crippen LogP) is 7.96. The van der Waals surface area contributed by atoms with Crippen molar-refractivity contribution in [1.29, 1.82) is 0 Å². The van der Waals surface area contributed by atoms with Crippen molar-refractivity contribution < 1.29 is 33.7 Å². The number of hydrogen-bond donors (Lipinski definition) is 1. The Hall–Kier alpha value is -5.69. The SMILES string of the molecule is Cc1cc(C(=O)O)ccc1-c1cccc(OCc2ccc(COC(=O)c3ccccc3)c(COC(=O)c3ccccc3)c2)c1C. The summed E-state index contributed by atoms with van der Waals surface area (Å²) in [4.78, 5) is 36.6. The van der Waals surface area contributed by atoms with E-state index in [9.17, 15) is 19.5 Å². The summed E-state index contributed by atoms with van der Waals surface area (Å²) in [5.41, 5.74) is 7.03. The highest BCUT2D eigenvalue weighted by molar-refractivity contribution is 5.90. The number of carbonyl (C=O) groups excluding carboxylic acids is 2. The molecular weight excluding hydrogens is 568 g/mol. The fraction of sp³-hybridized carbons (Fsp3) is 0.132. The molecule has 0 atom stereocenters. The standard InChI is InChI=1S/C38H32O7/c1-25-20-30(36(39)40)18-19-33(25)34-14-9-15-35(26(34)2)43-22-27-16-17-31(23-44-37(41)28-10-5-3-6-11-28)32(21-27)24-45-38(42)29-12-7-4-8-13-29/h3-21H,22-24H2,1-2H3,(H,39,40). The van der Waals surface area contributed by atoms with Gasteiger partial charge in [0.2, 0.25) is 0 Å². The van der Waals surface area contributed by atoms with E-state index in [1.807, 2.05) is 68.4 Å². The molecular formula is C38H32O7. The molecule has 0 saturated carbocycles. The molecule has 226 valence electrons. The number of carboxylic acid groups (broad SMARTS) is 1. The first-order valence-corrected chi connectivity index (χ1v) is 14.4. The number of carboxylic acids is 1. The highest BCUT2D eigenvalue weighted by Gasteiger charge is 2.15. The monoisotopic (exact) mass is 600 g/mol. The number of aryl methyl sites for hydroxylation is 1. The van der Waals surface area contributed by atoms with Crippen LogP contribution < -0.4 is 4.74 Å². The fourth-order valence-corrected chi connectivity index (χ4v) is 4.97. The van der Waals surface area contributed by atoms with Crippen LogP contribution in [0.5, 0.6) is 5.75 Å². The lowest BCUT2D eigenvalue weighted by atomic mass is 9.94. The van der Waals surface area contributed by atoms with Gasteiger partial charge in [-0.25, -0.2) is 14.4 Å². The summed E-state index contributed by atoms with van der Waals surface area (Å²) < 4.78 is 17.4. The molecule has 0 fully saturated rings. The van der Waals surface area contributed by atoms with Gasteiger partial charge in [0.05, 0.1) is 16.7 Å². The number of aromatic carboxylic acids is 1. The van der Waals surface area contributed by atoms with Gasteiger partial charge in [0.1, 0.15) is 25.6 Å². The van der Waals surface area contributed by atoms with E-state index < -0.39 is 17.9 Å². The zero-order valence-corrected chi connectivity index (χ0v) is 25.0. The van der Waals surface area contributed by atoms with Crippen molar-refractivity contribution in [1.82, 2.24) is 0 Å². The summed E-state index contributed by atoms with van der Waals surface area (Å²) in [6.45, 7) is 4.09. The van der Waals surface area contributed by atoms with E-state index in [-0.39, 0.29) is 25.4 Å². The first-order valence-electron chi connectivity index (χ1n) is 14.4. The van der Waals surface area contributed by atoms with E-state index in [2.05, 4.69) is 0 Å². The van der Waals surface area contributed by atoms with Gasteiger partial charge in [-0.05, 0) is 101 Å². The first kappa shape index (κ1) is 30.8. The van der Waals surface area contributed by atoms with Crippen molar-refractivity contribution in [3.8, 4) is 16.9 Å². The third-order valence-electron chi connectivity index (χ3n) is 7.45. The van der Waals surface area contributed by atoms with Gasteiger partial charge >= 0.3 is 17.9 Å². The molecule has 0 heterocycles. The molecule has 0 aliphatic carbocycles. The fourth-order valence-electron chi connectivity index (χ4n) is 4.97. The van der Waals surface area contributed by atoms with Gasteiger partial charge in [0, 0.05) is 0 Å². The molecule has 5 aromatic rings. The van der Waals surface area contributed by atoms with Crippen LogP contribution in [0.15, 0.2) is 115 Å². The molecule has 5 rings (SSSR count). The number of benzene rings is 5. The Kier molecular flexibility index (Phi) is 9.70. The Morgan fingerprint density at radius 1 is 0.578 bits per heavy atom. The van der Waals surface area contributed by atoms with Gasteiger partial charge in [-0.2, -0.15) is 0 Å². The Balaban J connectivity index is 1.34. The van der Waals surface area contributed by atoms with Crippen molar-refractivity contribution in [3.05, 3.63) is 160 Å². The first-order chi connectivity index (χ1) is 21.8. The molecule has 45 heavy (non-hydrogen) atoms. The molecule has 0 amide bonds. The summed E-state index contributed by atoms with van der Waals surface area (Å²) >= 11 is 0. The Morgan fingerprint density at radius 2 is 1.20 bits per heavy atom. The molecule has 0 aromatic heterocycles. The van der Waals surface area contributed by atoms with Gasteiger partial charge < -0.3 is 19.3 Å². The van der Waals surface area contributed by atoms with E-state index >= 15 is 0 Å². The Bertz CT molecular complexity index is 1830. The van der Waals surface area contributed by atoms with Crippen LogP contribution in [0.2, 0.25) is 0 Å². The summed E-state index contributed by atoms with van der Waals surface area (Å²) in [6.07, 6.45) is 0. The van der Waals surface area contributed by atoms with Crippen LogP contribution in [0.1, 0.15) is 58.9 Å². The van der Waals surface area contributed by atoms with E-state index in [1.165, 1.54) is 0 Å². The van der Waals surface area contributed by atoms with Crippen molar-refractivity contribution in [2.24, 2.45) is 0 Å². The smallest absolute Gasteiger partial charge is 0.338 e. The molecule has 0 unspecified atom stereocenters. The maximum Gasteiger partial charge on any atom is 0.338 e. The third-order valence-corrected chi connectivity index (χ3v) is 7.45. The Morgan fingerprint density at radius 3 is 1.80 bits per heavy atom. The average Bonchev–Trinajstić information content (AvgIpc) is 3.07. The number of hydrogen-bond acceptors (Lipinski definition) is 6. The van der Waals surface area contributed by atoms with Crippen molar-refractivity contribution in [2.75, 3.05) is 0 Å². The zero-order chi connectivity index (χ0) is 31.8. The van der Waals surface area contributed by atoms with Gasteiger partial charge in [-0.15, -0.1) is 0 Å². The minimum absolute atomic E-state index is 0.00819. The normalized spacial score (nSPS) is 10.6. The number of esters is 2. The molecule has 0 aliphatic rings. The second-order valence-corrected chi connectivity index (χ2v) is 10.5. The summed E-state index contributed by atoms with van der Waals surface area (Å²) in [5.74, 6) is -1.18. The highest BCUT2D eigenvalue weighted by atomic mass is 16.5. The molecule has 5 aromatic carbocycles. The second-order valence-electron chi connectivity index (χ2n) is 10.5. The van der Waals surface area contributed by atoms with Crippen LogP contribution in [0.4, 0.5) is 0 Å². The van der Waals surface area contributed by atoms with Gasteiger partial charge in [-0.3, -0.25) is 0 Å². The van der Waals surface area contributed by atoms with E-state index in [0.29, 0.717) is 28.0 Å². The van der Waals surface area contributed by atoms with Gasteiger partial charge in [0.25, 0.3) is 0 Å². The summed E-state index contributed by atoms with van der Waals surface area (Å²) in [6, 6.07) is 34.0. The van der Waals surface area contributed by atoms with Crippen molar-refractivity contribution >= 4 is 17.9 Å². The van der Waals surface area contributed by atoms with Crippen LogP contribution in [0.25, 0.3) is 11.1 Å². The molecule has 0 radical (unpaired) electrons. The van der Waals surface area contributed by atoms with Crippen LogP contribution in [0, 0.1) is 13.8 Å². The molecule has 0 aliphatic heterocycles. The van der Waals surface area contributed by atoms with Gasteiger partial charge in [0.15, 0.2) is 0 Å². The van der Waals surface area contributed by atoms with Crippen molar-refractivity contribution in [3.63, 3.8) is 0 Å². The van der Waals surface area contributed by atoms with Gasteiger partial charge in [-0.1, -0.05) is 66.7 Å². The number of rotatable bonds is 11. The lowest BCUT2D eigenvalue weighted by Crippen LogP contribution is -2.10. The minimum atomic E-state index is -0.965. The topological polar surface area (TPSA) is 99.1 Å². The molecule has 0 spiro atoms. The molecule has 7 heteroatoms. The quantitative estimate of drug-likeness (QED) is 0.154. The second kappa shape index (κ2) is 14.2. The molecule has 0 bridgehead atoms.